The number of anilines is 2. The van der Waals surface area contributed by atoms with E-state index >= 15 is 0 Å². The van der Waals surface area contributed by atoms with E-state index in [0.717, 1.165) is 50.8 Å². The van der Waals surface area contributed by atoms with Gasteiger partial charge < -0.3 is 24.4 Å². The van der Waals surface area contributed by atoms with E-state index in [4.69, 9.17) is 14.2 Å². The van der Waals surface area contributed by atoms with Crippen molar-refractivity contribution >= 4 is 27.3 Å². The number of carbonyl (C=O) groups is 1. The smallest absolute Gasteiger partial charge is 0.265 e. The average molecular weight is 502 g/mol. The third-order valence-corrected chi connectivity index (χ3v) is 8.79. The molecule has 0 atom stereocenters. The van der Waals surface area contributed by atoms with Crippen LogP contribution in [-0.2, 0) is 20.2 Å². The quantitative estimate of drug-likeness (QED) is 0.599. The lowest BCUT2D eigenvalue weighted by Gasteiger charge is -2.36. The molecule has 1 amide bonds. The summed E-state index contributed by atoms with van der Waals surface area (Å²) in [6.07, 6.45) is 4.16. The van der Waals surface area contributed by atoms with Crippen LogP contribution >= 0.6 is 0 Å². The van der Waals surface area contributed by atoms with Gasteiger partial charge in [0.1, 0.15) is 28.2 Å². The molecular weight excluding hydrogens is 470 g/mol. The Morgan fingerprint density at radius 1 is 1.06 bits per heavy atom. The van der Waals surface area contributed by atoms with E-state index < -0.39 is 15.4 Å². The zero-order chi connectivity index (χ0) is 24.8. The molecule has 0 radical (unpaired) electrons. The van der Waals surface area contributed by atoms with Crippen molar-refractivity contribution in [2.45, 2.75) is 48.5 Å². The minimum atomic E-state index is -3.99. The van der Waals surface area contributed by atoms with Gasteiger partial charge in [-0.2, -0.15) is 0 Å². The van der Waals surface area contributed by atoms with Crippen LogP contribution in [0.15, 0.2) is 35.2 Å². The Balaban J connectivity index is 1.51. The van der Waals surface area contributed by atoms with Crippen molar-refractivity contribution in [3.8, 4) is 17.2 Å². The van der Waals surface area contributed by atoms with Gasteiger partial charge in [0.25, 0.3) is 10.0 Å². The molecule has 1 aliphatic carbocycles. The van der Waals surface area contributed by atoms with Crippen LogP contribution < -0.4 is 24.2 Å². The molecule has 2 aromatic rings. The number of nitrogens with zero attached hydrogens (tertiary/aromatic N) is 1. The highest BCUT2D eigenvalue weighted by atomic mass is 32.2. The Bertz CT molecular complexity index is 1250. The van der Waals surface area contributed by atoms with Crippen molar-refractivity contribution in [2.24, 2.45) is 0 Å². The molecule has 5 rings (SSSR count). The lowest BCUT2D eigenvalue weighted by molar-refractivity contribution is -0.123. The van der Waals surface area contributed by atoms with Crippen LogP contribution in [0.1, 0.15) is 37.7 Å². The van der Waals surface area contributed by atoms with Crippen LogP contribution in [0.2, 0.25) is 0 Å². The second-order valence-corrected chi connectivity index (χ2v) is 11.2. The lowest BCUT2D eigenvalue weighted by Crippen LogP contribution is -2.40. The molecule has 1 spiro atoms. The van der Waals surface area contributed by atoms with Crippen molar-refractivity contribution in [1.29, 1.82) is 0 Å². The number of hydrogen-bond acceptors (Lipinski definition) is 7. The van der Waals surface area contributed by atoms with Gasteiger partial charge >= 0.3 is 0 Å². The van der Waals surface area contributed by atoms with Crippen molar-refractivity contribution in [3.63, 3.8) is 0 Å². The maximum atomic E-state index is 13.4. The molecule has 9 nitrogen and oxygen atoms in total. The molecule has 2 heterocycles. The minimum Gasteiger partial charge on any atom is -0.497 e. The standard InChI is InChI=1S/C25H31N3O6S/c1-28-11-7-17(8-12-28)34-21-14-16(13-19-23(21)26-24(29)25(19)9-4-10-25)27-35(30,31)22-6-5-18(32-2)15-20(22)33-3/h5-6,13-15,17,27H,4,7-12H2,1-3H3,(H,26,29). The summed E-state index contributed by atoms with van der Waals surface area (Å²) < 4.78 is 46.3. The molecule has 2 aliphatic heterocycles. The fourth-order valence-electron chi connectivity index (χ4n) is 5.15. The molecule has 0 unspecified atom stereocenters. The summed E-state index contributed by atoms with van der Waals surface area (Å²) in [5, 5.41) is 3.02. The zero-order valence-corrected chi connectivity index (χ0v) is 21.0. The van der Waals surface area contributed by atoms with Crippen molar-refractivity contribution in [1.82, 2.24) is 4.90 Å². The number of hydrogen-bond donors (Lipinski definition) is 2. The fraction of sp³-hybridized carbons (Fsp3) is 0.480. The second-order valence-electron chi connectivity index (χ2n) is 9.53. The number of rotatable bonds is 7. The molecule has 10 heteroatoms. The van der Waals surface area contributed by atoms with Gasteiger partial charge in [0.2, 0.25) is 5.91 Å². The van der Waals surface area contributed by atoms with Gasteiger partial charge in [0, 0.05) is 25.2 Å². The van der Waals surface area contributed by atoms with Gasteiger partial charge in [-0.05, 0) is 56.5 Å². The van der Waals surface area contributed by atoms with Gasteiger partial charge in [-0.1, -0.05) is 6.42 Å². The number of sulfonamides is 1. The normalized spacial score (nSPS) is 19.6. The molecule has 35 heavy (non-hydrogen) atoms. The number of methoxy groups -OCH3 is 2. The lowest BCUT2D eigenvalue weighted by atomic mass is 9.65. The van der Waals surface area contributed by atoms with Gasteiger partial charge in [0.15, 0.2) is 0 Å². The summed E-state index contributed by atoms with van der Waals surface area (Å²) in [6, 6.07) is 7.98. The average Bonchev–Trinajstić information content (AvgIpc) is 3.12. The van der Waals surface area contributed by atoms with E-state index in [9.17, 15) is 13.2 Å². The first kappa shape index (κ1) is 23.7. The summed E-state index contributed by atoms with van der Waals surface area (Å²) in [5.41, 5.74) is 1.21. The van der Waals surface area contributed by atoms with Crippen molar-refractivity contribution < 1.29 is 27.4 Å². The molecule has 1 saturated heterocycles. The predicted molar refractivity (Wildman–Crippen MR) is 132 cm³/mol. The number of carbonyl (C=O) groups excluding carboxylic acids is 1. The van der Waals surface area contributed by atoms with Crippen LogP contribution in [0, 0.1) is 0 Å². The van der Waals surface area contributed by atoms with Gasteiger partial charge in [0.05, 0.1) is 31.0 Å². The van der Waals surface area contributed by atoms with Gasteiger partial charge in [-0.15, -0.1) is 0 Å². The molecule has 2 aromatic carbocycles. The van der Waals surface area contributed by atoms with Gasteiger partial charge in [-0.3, -0.25) is 9.52 Å². The Morgan fingerprint density at radius 3 is 2.43 bits per heavy atom. The van der Waals surface area contributed by atoms with E-state index in [0.29, 0.717) is 22.9 Å². The van der Waals surface area contributed by atoms with Gasteiger partial charge in [-0.25, -0.2) is 8.42 Å². The summed E-state index contributed by atoms with van der Waals surface area (Å²) in [6.45, 7) is 1.85. The highest BCUT2D eigenvalue weighted by Crippen LogP contribution is 2.54. The Labute approximate surface area is 205 Å². The predicted octanol–water partition coefficient (Wildman–Crippen LogP) is 3.35. The van der Waals surface area contributed by atoms with E-state index in [2.05, 4.69) is 22.0 Å². The van der Waals surface area contributed by atoms with Crippen LogP contribution in [0.25, 0.3) is 0 Å². The molecule has 0 bridgehead atoms. The number of nitrogens with one attached hydrogen (secondary N) is 2. The van der Waals surface area contributed by atoms with Crippen LogP contribution in [0.5, 0.6) is 17.2 Å². The topological polar surface area (TPSA) is 106 Å². The molecule has 3 aliphatic rings. The molecule has 2 N–H and O–H groups in total. The van der Waals surface area contributed by atoms with Crippen molar-refractivity contribution in [2.75, 3.05) is 44.4 Å². The Morgan fingerprint density at radius 2 is 1.80 bits per heavy atom. The monoisotopic (exact) mass is 501 g/mol. The fourth-order valence-corrected chi connectivity index (χ4v) is 6.34. The SMILES string of the molecule is COc1ccc(S(=O)(=O)Nc2cc(OC3CCN(C)CC3)c3c(c2)C2(CCC2)C(=O)N3)c(OC)c1. The largest absolute Gasteiger partial charge is 0.497 e. The maximum absolute atomic E-state index is 13.4. The first-order chi connectivity index (χ1) is 16.8. The number of piperidine rings is 1. The minimum absolute atomic E-state index is 0.00122. The number of fused-ring (bicyclic) bond motifs is 2. The van der Waals surface area contributed by atoms with E-state index in [1.807, 2.05) is 0 Å². The van der Waals surface area contributed by atoms with E-state index in [-0.39, 0.29) is 22.7 Å². The molecule has 188 valence electrons. The molecule has 2 fully saturated rings. The van der Waals surface area contributed by atoms with E-state index in [1.165, 1.54) is 26.4 Å². The Kier molecular flexibility index (Phi) is 6.04. The van der Waals surface area contributed by atoms with Crippen LogP contribution in [0.3, 0.4) is 0 Å². The van der Waals surface area contributed by atoms with Crippen LogP contribution in [0.4, 0.5) is 11.4 Å². The van der Waals surface area contributed by atoms with Crippen LogP contribution in [-0.4, -0.2) is 59.7 Å². The highest BCUT2D eigenvalue weighted by Gasteiger charge is 2.52. The maximum Gasteiger partial charge on any atom is 0.265 e. The zero-order valence-electron chi connectivity index (χ0n) is 20.2. The number of benzene rings is 2. The summed E-state index contributed by atoms with van der Waals surface area (Å²) >= 11 is 0. The highest BCUT2D eigenvalue weighted by molar-refractivity contribution is 7.92. The number of ether oxygens (including phenoxy) is 3. The molecule has 0 aromatic heterocycles. The van der Waals surface area contributed by atoms with Crippen molar-refractivity contribution in [3.05, 3.63) is 35.9 Å². The number of amides is 1. The molecular formula is C25H31N3O6S. The van der Waals surface area contributed by atoms with E-state index in [1.54, 1.807) is 18.2 Å². The third-order valence-electron chi connectivity index (χ3n) is 7.37. The summed E-state index contributed by atoms with van der Waals surface area (Å²) in [4.78, 5) is 15.2. The second kappa shape index (κ2) is 8.91. The third kappa shape index (κ3) is 4.18. The number of likely N-dealkylation sites (tertiary alicyclic amines) is 1. The summed E-state index contributed by atoms with van der Waals surface area (Å²) in [5.74, 6) is 1.13. The molecule has 1 saturated carbocycles. The first-order valence-corrected chi connectivity index (χ1v) is 13.3. The first-order valence-electron chi connectivity index (χ1n) is 11.9. The summed E-state index contributed by atoms with van der Waals surface area (Å²) in [7, 11) is 1.00. The Hall–Kier alpha value is -2.98.